The molecule has 1 rings (SSSR count). The highest BCUT2D eigenvalue weighted by Gasteiger charge is 2.25. The molecule has 0 spiro atoms. The Morgan fingerprint density at radius 1 is 1.25 bits per heavy atom. The van der Waals surface area contributed by atoms with Crippen molar-refractivity contribution >= 4 is 17.7 Å². The second-order valence-electron chi connectivity index (χ2n) is 4.47. The molecule has 7 heteroatoms. The molecule has 2 amide bonds. The smallest absolute Gasteiger partial charge is 0.328 e. The van der Waals surface area contributed by atoms with Gasteiger partial charge >= 0.3 is 12.0 Å². The van der Waals surface area contributed by atoms with Crippen molar-refractivity contribution < 1.29 is 23.1 Å². The van der Waals surface area contributed by atoms with Crippen molar-refractivity contribution in [2.24, 2.45) is 5.92 Å². The fraction of sp³-hybridized carbons (Fsp3) is 0.385. The lowest BCUT2D eigenvalue weighted by Gasteiger charge is -2.20. The number of rotatable bonds is 4. The predicted molar refractivity (Wildman–Crippen MR) is 69.2 cm³/mol. The molecule has 20 heavy (non-hydrogen) atoms. The summed E-state index contributed by atoms with van der Waals surface area (Å²) in [7, 11) is 1.21. The molecule has 5 nitrogen and oxygen atoms in total. The Labute approximate surface area is 115 Å². The summed E-state index contributed by atoms with van der Waals surface area (Å²) in [5, 5.41) is 4.57. The highest BCUT2D eigenvalue weighted by molar-refractivity contribution is 5.92. The molecule has 1 atom stereocenters. The van der Waals surface area contributed by atoms with Crippen LogP contribution in [0.15, 0.2) is 18.2 Å². The van der Waals surface area contributed by atoms with Crippen LogP contribution in [0.4, 0.5) is 19.3 Å². The van der Waals surface area contributed by atoms with Crippen LogP contribution in [0.3, 0.4) is 0 Å². The Morgan fingerprint density at radius 2 is 1.90 bits per heavy atom. The molecule has 0 aromatic heterocycles. The molecule has 0 bridgehead atoms. The van der Waals surface area contributed by atoms with Crippen LogP contribution in [0.1, 0.15) is 13.8 Å². The van der Waals surface area contributed by atoms with Crippen molar-refractivity contribution in [3.8, 4) is 0 Å². The summed E-state index contributed by atoms with van der Waals surface area (Å²) in [5.41, 5.74) is -0.184. The maximum Gasteiger partial charge on any atom is 0.328 e. The number of nitrogens with one attached hydrogen (secondary N) is 2. The van der Waals surface area contributed by atoms with Gasteiger partial charge in [-0.15, -0.1) is 0 Å². The largest absolute Gasteiger partial charge is 0.467 e. The van der Waals surface area contributed by atoms with Gasteiger partial charge < -0.3 is 15.4 Å². The van der Waals surface area contributed by atoms with Crippen LogP contribution in [-0.4, -0.2) is 25.2 Å². The zero-order valence-electron chi connectivity index (χ0n) is 11.4. The summed E-state index contributed by atoms with van der Waals surface area (Å²) < 4.78 is 30.6. The quantitative estimate of drug-likeness (QED) is 0.834. The standard InChI is InChI=1S/C13H16F2N2O3/c1-7(2)11(12(18)20-3)17-13(19)16-10-5-4-8(14)6-9(10)15/h4-7,11H,1-3H3,(H2,16,17,19). The lowest BCUT2D eigenvalue weighted by Crippen LogP contribution is -2.46. The van der Waals surface area contributed by atoms with Crippen molar-refractivity contribution in [1.82, 2.24) is 5.32 Å². The van der Waals surface area contributed by atoms with Gasteiger partial charge in [-0.2, -0.15) is 0 Å². The van der Waals surface area contributed by atoms with E-state index in [2.05, 4.69) is 15.4 Å². The van der Waals surface area contributed by atoms with Gasteiger partial charge in [0.1, 0.15) is 17.7 Å². The number of anilines is 1. The number of urea groups is 1. The van der Waals surface area contributed by atoms with Crippen LogP contribution in [0.5, 0.6) is 0 Å². The van der Waals surface area contributed by atoms with Crippen LogP contribution in [0, 0.1) is 17.6 Å². The number of benzene rings is 1. The van der Waals surface area contributed by atoms with E-state index in [1.54, 1.807) is 13.8 Å². The maximum absolute atomic E-state index is 13.4. The molecule has 110 valence electrons. The van der Waals surface area contributed by atoms with E-state index in [-0.39, 0.29) is 11.6 Å². The van der Waals surface area contributed by atoms with Gasteiger partial charge in [0.05, 0.1) is 12.8 Å². The molecule has 0 saturated carbocycles. The minimum atomic E-state index is -0.903. The third-order valence-corrected chi connectivity index (χ3v) is 2.59. The normalized spacial score (nSPS) is 11.9. The first-order chi connectivity index (χ1) is 9.35. The number of amides is 2. The van der Waals surface area contributed by atoms with Gasteiger partial charge in [0, 0.05) is 6.07 Å². The molecular formula is C13H16F2N2O3. The van der Waals surface area contributed by atoms with E-state index in [4.69, 9.17) is 0 Å². The van der Waals surface area contributed by atoms with Gasteiger partial charge in [0.25, 0.3) is 0 Å². The van der Waals surface area contributed by atoms with E-state index in [1.807, 2.05) is 0 Å². The van der Waals surface area contributed by atoms with Gasteiger partial charge in [-0.1, -0.05) is 13.8 Å². The maximum atomic E-state index is 13.4. The van der Waals surface area contributed by atoms with E-state index in [1.165, 1.54) is 7.11 Å². The molecule has 0 aliphatic rings. The SMILES string of the molecule is COC(=O)C(NC(=O)Nc1ccc(F)cc1F)C(C)C. The first-order valence-corrected chi connectivity index (χ1v) is 5.95. The molecule has 0 radical (unpaired) electrons. The number of hydrogen-bond acceptors (Lipinski definition) is 3. The van der Waals surface area contributed by atoms with Crippen LogP contribution in [0.2, 0.25) is 0 Å². The van der Waals surface area contributed by atoms with Gasteiger partial charge in [-0.3, -0.25) is 0 Å². The second-order valence-corrected chi connectivity index (χ2v) is 4.47. The first-order valence-electron chi connectivity index (χ1n) is 5.95. The summed E-state index contributed by atoms with van der Waals surface area (Å²) in [6, 6.07) is 1.12. The molecule has 1 aromatic rings. The highest BCUT2D eigenvalue weighted by Crippen LogP contribution is 2.15. The van der Waals surface area contributed by atoms with E-state index in [0.717, 1.165) is 12.1 Å². The summed E-state index contributed by atoms with van der Waals surface area (Å²) in [6.07, 6.45) is 0. The van der Waals surface area contributed by atoms with E-state index in [9.17, 15) is 18.4 Å². The van der Waals surface area contributed by atoms with Crippen molar-refractivity contribution in [3.05, 3.63) is 29.8 Å². The van der Waals surface area contributed by atoms with E-state index < -0.39 is 29.7 Å². The minimum absolute atomic E-state index is 0.184. The zero-order valence-corrected chi connectivity index (χ0v) is 11.4. The summed E-state index contributed by atoms with van der Waals surface area (Å²) >= 11 is 0. The van der Waals surface area contributed by atoms with E-state index in [0.29, 0.717) is 6.07 Å². The average Bonchev–Trinajstić information content (AvgIpc) is 2.38. The molecule has 0 heterocycles. The van der Waals surface area contributed by atoms with Crippen LogP contribution in [0.25, 0.3) is 0 Å². The lowest BCUT2D eigenvalue weighted by atomic mass is 10.1. The molecular weight excluding hydrogens is 270 g/mol. The van der Waals surface area contributed by atoms with Gasteiger partial charge in [-0.05, 0) is 18.1 Å². The fourth-order valence-electron chi connectivity index (χ4n) is 1.52. The third kappa shape index (κ3) is 4.18. The van der Waals surface area contributed by atoms with Crippen molar-refractivity contribution in [3.63, 3.8) is 0 Å². The Balaban J connectivity index is 2.73. The molecule has 0 aliphatic heterocycles. The molecule has 0 fully saturated rings. The van der Waals surface area contributed by atoms with Crippen molar-refractivity contribution in [2.45, 2.75) is 19.9 Å². The van der Waals surface area contributed by atoms with Crippen LogP contribution >= 0.6 is 0 Å². The lowest BCUT2D eigenvalue weighted by molar-refractivity contribution is -0.143. The number of methoxy groups -OCH3 is 1. The Bertz CT molecular complexity index is 506. The average molecular weight is 286 g/mol. The summed E-state index contributed by atoms with van der Waals surface area (Å²) in [6.45, 7) is 3.45. The van der Waals surface area contributed by atoms with Crippen molar-refractivity contribution in [1.29, 1.82) is 0 Å². The van der Waals surface area contributed by atoms with Crippen LogP contribution < -0.4 is 10.6 Å². The Hall–Kier alpha value is -2.18. The molecule has 0 saturated heterocycles. The monoisotopic (exact) mass is 286 g/mol. The third-order valence-electron chi connectivity index (χ3n) is 2.59. The highest BCUT2D eigenvalue weighted by atomic mass is 19.1. The Kier molecular flexibility index (Phi) is 5.42. The fourth-order valence-corrected chi connectivity index (χ4v) is 1.52. The number of halogens is 2. The van der Waals surface area contributed by atoms with Gasteiger partial charge in [0.2, 0.25) is 0 Å². The zero-order chi connectivity index (χ0) is 15.3. The van der Waals surface area contributed by atoms with Gasteiger partial charge in [0.15, 0.2) is 0 Å². The predicted octanol–water partition coefficient (Wildman–Crippen LogP) is 2.28. The second kappa shape index (κ2) is 6.83. The number of carbonyl (C=O) groups is 2. The van der Waals surface area contributed by atoms with Crippen molar-refractivity contribution in [2.75, 3.05) is 12.4 Å². The first kappa shape index (κ1) is 15.9. The van der Waals surface area contributed by atoms with Crippen LogP contribution in [-0.2, 0) is 9.53 Å². The topological polar surface area (TPSA) is 67.4 Å². The van der Waals surface area contributed by atoms with Gasteiger partial charge in [-0.25, -0.2) is 18.4 Å². The molecule has 1 aromatic carbocycles. The minimum Gasteiger partial charge on any atom is -0.467 e. The van der Waals surface area contributed by atoms with E-state index >= 15 is 0 Å². The summed E-state index contributed by atoms with van der Waals surface area (Å²) in [5.74, 6) is -2.46. The Morgan fingerprint density at radius 3 is 2.40 bits per heavy atom. The number of ether oxygens (including phenoxy) is 1. The number of carbonyl (C=O) groups excluding carboxylic acids is 2. The number of esters is 1. The molecule has 0 aliphatic carbocycles. The molecule has 2 N–H and O–H groups in total. The number of hydrogen-bond donors (Lipinski definition) is 2. The summed E-state index contributed by atoms with van der Waals surface area (Å²) in [4.78, 5) is 23.2. The molecule has 1 unspecified atom stereocenters.